The van der Waals surface area contributed by atoms with E-state index in [0.29, 0.717) is 5.69 Å². The van der Waals surface area contributed by atoms with Crippen LogP contribution in [0.15, 0.2) is 47.9 Å². The Labute approximate surface area is 188 Å². The van der Waals surface area contributed by atoms with Gasteiger partial charge in [-0.1, -0.05) is 29.8 Å². The summed E-state index contributed by atoms with van der Waals surface area (Å²) in [4.78, 5) is 41.6. The van der Waals surface area contributed by atoms with Gasteiger partial charge >= 0.3 is 6.03 Å². The summed E-state index contributed by atoms with van der Waals surface area (Å²) in [5.41, 5.74) is 2.22. The molecule has 0 aliphatic carbocycles. The van der Waals surface area contributed by atoms with Crippen LogP contribution in [0.5, 0.6) is 0 Å². The molecule has 1 saturated heterocycles. The van der Waals surface area contributed by atoms with Crippen LogP contribution in [0.4, 0.5) is 20.6 Å². The predicted molar refractivity (Wildman–Crippen MR) is 120 cm³/mol. The summed E-state index contributed by atoms with van der Waals surface area (Å²) in [5, 5.41) is 3.90. The highest BCUT2D eigenvalue weighted by molar-refractivity contribution is 8.03. The Bertz CT molecular complexity index is 1120. The van der Waals surface area contributed by atoms with Crippen molar-refractivity contribution in [3.8, 4) is 0 Å². The lowest BCUT2D eigenvalue weighted by atomic mass is 10.0. The fourth-order valence-corrected chi connectivity index (χ4v) is 4.85. The molecule has 2 aliphatic rings. The van der Waals surface area contributed by atoms with E-state index in [9.17, 15) is 18.8 Å². The summed E-state index contributed by atoms with van der Waals surface area (Å²) in [7, 11) is 0. The van der Waals surface area contributed by atoms with Gasteiger partial charge in [-0.3, -0.25) is 9.59 Å². The fraction of sp³-hybridized carbons (Fsp3) is 0.227. The van der Waals surface area contributed by atoms with E-state index in [4.69, 9.17) is 11.6 Å². The van der Waals surface area contributed by atoms with Crippen molar-refractivity contribution in [2.45, 2.75) is 25.1 Å². The molecule has 2 heterocycles. The molecule has 2 aromatic carbocycles. The molecular weight excluding hydrogens is 441 g/mol. The number of halogens is 2. The first kappa shape index (κ1) is 21.4. The van der Waals surface area contributed by atoms with Crippen molar-refractivity contribution >= 4 is 52.6 Å². The number of imide groups is 1. The molecule has 0 spiro atoms. The number of hydrogen-bond donors (Lipinski definition) is 1. The molecule has 0 saturated carbocycles. The first-order valence-electron chi connectivity index (χ1n) is 9.55. The van der Waals surface area contributed by atoms with Gasteiger partial charge in [-0.2, -0.15) is 0 Å². The summed E-state index contributed by atoms with van der Waals surface area (Å²) in [6.07, 6.45) is 1.74. The number of nitrogens with zero attached hydrogens (tertiary/aromatic N) is 2. The maximum atomic E-state index is 14.1. The number of rotatable bonds is 4. The molecule has 9 heteroatoms. The predicted octanol–water partition coefficient (Wildman–Crippen LogP) is 4.50. The van der Waals surface area contributed by atoms with E-state index < -0.39 is 29.0 Å². The third-order valence-corrected chi connectivity index (χ3v) is 6.73. The second kappa shape index (κ2) is 8.36. The van der Waals surface area contributed by atoms with E-state index in [2.05, 4.69) is 5.32 Å². The minimum Gasteiger partial charge on any atom is -0.322 e. The van der Waals surface area contributed by atoms with Crippen LogP contribution in [-0.2, 0) is 9.59 Å². The number of anilines is 2. The van der Waals surface area contributed by atoms with Gasteiger partial charge in [0.05, 0.1) is 17.4 Å². The Kier molecular flexibility index (Phi) is 5.77. The highest BCUT2D eigenvalue weighted by atomic mass is 35.5. The summed E-state index contributed by atoms with van der Waals surface area (Å²) >= 11 is 7.06. The Morgan fingerprint density at radius 3 is 2.74 bits per heavy atom. The van der Waals surface area contributed by atoms with Crippen molar-refractivity contribution in [3.63, 3.8) is 0 Å². The molecule has 2 atom stereocenters. The normalized spacial score (nSPS) is 20.3. The average Bonchev–Trinajstić information content (AvgIpc) is 3.21. The smallest absolute Gasteiger partial charge is 0.322 e. The van der Waals surface area contributed by atoms with Crippen LogP contribution in [0.25, 0.3) is 0 Å². The zero-order chi connectivity index (χ0) is 22.3. The second-order valence-electron chi connectivity index (χ2n) is 7.35. The van der Waals surface area contributed by atoms with Gasteiger partial charge < -0.3 is 10.2 Å². The van der Waals surface area contributed by atoms with Gasteiger partial charge in [0.1, 0.15) is 17.6 Å². The number of benzene rings is 2. The van der Waals surface area contributed by atoms with Crippen molar-refractivity contribution in [3.05, 3.63) is 69.8 Å². The number of thioether (sulfide) groups is 1. The van der Waals surface area contributed by atoms with Gasteiger partial charge in [-0.25, -0.2) is 14.1 Å². The minimum atomic E-state index is -0.674. The molecule has 0 bridgehead atoms. The number of carbonyl (C=O) groups excluding carboxylic acids is 3. The standard InChI is InChI=1S/C22H19ClFN3O3S/c1-12-4-3-5-17(13(12)2)27-21(29)20-18(8-9-31-20)26(22(27)30)11-19(28)25-16-7-6-14(23)10-15(16)24/h3-10,18,20H,11H2,1-2H3,(H,25,28). The molecule has 6 nitrogen and oxygen atoms in total. The zero-order valence-electron chi connectivity index (χ0n) is 16.8. The van der Waals surface area contributed by atoms with E-state index in [1.807, 2.05) is 19.9 Å². The van der Waals surface area contributed by atoms with Gasteiger partial charge in [0, 0.05) is 5.02 Å². The van der Waals surface area contributed by atoms with Gasteiger partial charge in [-0.15, -0.1) is 11.8 Å². The molecule has 160 valence electrons. The monoisotopic (exact) mass is 459 g/mol. The van der Waals surface area contributed by atoms with Gasteiger partial charge in [-0.05, 0) is 54.6 Å². The maximum Gasteiger partial charge on any atom is 0.332 e. The fourth-order valence-electron chi connectivity index (χ4n) is 3.65. The van der Waals surface area contributed by atoms with Crippen LogP contribution in [0, 0.1) is 19.7 Å². The van der Waals surface area contributed by atoms with Crippen LogP contribution in [0.3, 0.4) is 0 Å². The first-order chi connectivity index (χ1) is 14.8. The van der Waals surface area contributed by atoms with Crippen molar-refractivity contribution < 1.29 is 18.8 Å². The van der Waals surface area contributed by atoms with E-state index in [0.717, 1.165) is 22.1 Å². The highest BCUT2D eigenvalue weighted by Gasteiger charge is 2.48. The van der Waals surface area contributed by atoms with Crippen LogP contribution >= 0.6 is 23.4 Å². The molecule has 0 radical (unpaired) electrons. The molecule has 2 unspecified atom stereocenters. The Morgan fingerprint density at radius 1 is 1.23 bits per heavy atom. The van der Waals surface area contributed by atoms with E-state index in [-0.39, 0.29) is 23.2 Å². The van der Waals surface area contributed by atoms with Crippen LogP contribution < -0.4 is 10.2 Å². The summed E-state index contributed by atoms with van der Waals surface area (Å²) in [5.74, 6) is -1.57. The Balaban J connectivity index is 1.62. The summed E-state index contributed by atoms with van der Waals surface area (Å²) < 4.78 is 14.1. The lowest BCUT2D eigenvalue weighted by Gasteiger charge is -2.41. The molecule has 2 aliphatic heterocycles. The van der Waals surface area contributed by atoms with E-state index >= 15 is 0 Å². The minimum absolute atomic E-state index is 0.0331. The molecule has 1 N–H and O–H groups in total. The van der Waals surface area contributed by atoms with Crippen molar-refractivity contribution in [1.29, 1.82) is 0 Å². The number of aryl methyl sites for hydroxylation is 1. The number of amides is 4. The Hall–Kier alpha value is -2.84. The van der Waals surface area contributed by atoms with E-state index in [1.54, 1.807) is 23.6 Å². The SMILES string of the molecule is Cc1cccc(N2C(=O)C3SC=CC3N(CC(=O)Nc3ccc(Cl)cc3F)C2=O)c1C. The lowest BCUT2D eigenvalue weighted by molar-refractivity contribution is -0.121. The molecule has 4 rings (SSSR count). The van der Waals surface area contributed by atoms with Gasteiger partial charge in [0.25, 0.3) is 5.91 Å². The molecular formula is C22H19ClFN3O3S. The number of fused-ring (bicyclic) bond motifs is 1. The van der Waals surface area contributed by atoms with Gasteiger partial charge in [0.15, 0.2) is 0 Å². The number of carbonyl (C=O) groups is 3. The second-order valence-corrected chi connectivity index (χ2v) is 8.84. The van der Waals surface area contributed by atoms with Crippen LogP contribution in [0.1, 0.15) is 11.1 Å². The van der Waals surface area contributed by atoms with Crippen molar-refractivity contribution in [1.82, 2.24) is 4.90 Å². The first-order valence-corrected chi connectivity index (χ1v) is 10.9. The number of urea groups is 1. The molecule has 0 aromatic heterocycles. The van der Waals surface area contributed by atoms with Crippen molar-refractivity contribution in [2.24, 2.45) is 0 Å². The molecule has 31 heavy (non-hydrogen) atoms. The largest absolute Gasteiger partial charge is 0.332 e. The quantitative estimate of drug-likeness (QED) is 0.730. The number of nitrogens with one attached hydrogen (secondary N) is 1. The zero-order valence-corrected chi connectivity index (χ0v) is 18.3. The van der Waals surface area contributed by atoms with E-state index in [1.165, 1.54) is 28.8 Å². The van der Waals surface area contributed by atoms with Crippen molar-refractivity contribution in [2.75, 3.05) is 16.8 Å². The van der Waals surface area contributed by atoms with Crippen LogP contribution in [0.2, 0.25) is 5.02 Å². The molecule has 1 fully saturated rings. The lowest BCUT2D eigenvalue weighted by Crippen LogP contribution is -2.63. The highest BCUT2D eigenvalue weighted by Crippen LogP contribution is 2.37. The third kappa shape index (κ3) is 3.93. The molecule has 2 aromatic rings. The topological polar surface area (TPSA) is 69.7 Å². The number of hydrogen-bond acceptors (Lipinski definition) is 4. The van der Waals surface area contributed by atoms with Gasteiger partial charge in [0.2, 0.25) is 5.91 Å². The third-order valence-electron chi connectivity index (χ3n) is 5.41. The van der Waals surface area contributed by atoms with Crippen LogP contribution in [-0.4, -0.2) is 40.6 Å². The average molecular weight is 460 g/mol. The maximum absolute atomic E-state index is 14.1. The Morgan fingerprint density at radius 2 is 2.00 bits per heavy atom. The molecule has 4 amide bonds. The summed E-state index contributed by atoms with van der Waals surface area (Å²) in [6.45, 7) is 3.41. The summed E-state index contributed by atoms with van der Waals surface area (Å²) in [6, 6.07) is 8.17.